The first-order valence-corrected chi connectivity index (χ1v) is 6.75. The molecule has 1 heterocycles. The van der Waals surface area contributed by atoms with Crippen molar-refractivity contribution in [2.24, 2.45) is 0 Å². The van der Waals surface area contributed by atoms with Gasteiger partial charge in [0.1, 0.15) is 0 Å². The minimum absolute atomic E-state index is 0.352. The first-order valence-electron chi connectivity index (χ1n) is 5.99. The highest BCUT2D eigenvalue weighted by Crippen LogP contribution is 2.33. The minimum Gasteiger partial charge on any atom is -0.312 e. The Balaban J connectivity index is 2.05. The van der Waals surface area contributed by atoms with Crippen LogP contribution in [0.5, 0.6) is 0 Å². The van der Waals surface area contributed by atoms with Crippen molar-refractivity contribution in [2.75, 3.05) is 6.54 Å². The summed E-state index contributed by atoms with van der Waals surface area (Å²) in [5.41, 5.74) is 3.96. The van der Waals surface area contributed by atoms with E-state index in [1.807, 2.05) is 12.1 Å². The summed E-state index contributed by atoms with van der Waals surface area (Å²) < 4.78 is 0. The first kappa shape index (κ1) is 12.0. The maximum Gasteiger partial charge on any atom is 0.0595 e. The molecule has 3 rings (SSSR count). The van der Waals surface area contributed by atoms with Crippen molar-refractivity contribution in [3.8, 4) is 0 Å². The van der Waals surface area contributed by atoms with Crippen LogP contribution in [0.3, 0.4) is 0 Å². The van der Waals surface area contributed by atoms with Gasteiger partial charge in [-0.15, -0.1) is 0 Å². The van der Waals surface area contributed by atoms with Gasteiger partial charge in [0, 0.05) is 19.0 Å². The van der Waals surface area contributed by atoms with E-state index in [1.165, 1.54) is 16.7 Å². The van der Waals surface area contributed by atoms with Gasteiger partial charge < -0.3 is 5.32 Å². The molecule has 1 aliphatic rings. The molecule has 2 aromatic rings. The Morgan fingerprint density at radius 2 is 1.83 bits per heavy atom. The Morgan fingerprint density at radius 3 is 2.67 bits per heavy atom. The maximum absolute atomic E-state index is 6.11. The number of fused-ring (bicyclic) bond motifs is 1. The smallest absolute Gasteiger partial charge is 0.0595 e. The van der Waals surface area contributed by atoms with E-state index in [9.17, 15) is 0 Å². The summed E-state index contributed by atoms with van der Waals surface area (Å²) in [6, 6.07) is 14.4. The third-order valence-electron chi connectivity index (χ3n) is 3.44. The molecule has 3 heteroatoms. The second kappa shape index (κ2) is 4.93. The molecule has 1 aliphatic heterocycles. The minimum atomic E-state index is 0.352. The fourth-order valence-electron chi connectivity index (χ4n) is 2.52. The zero-order chi connectivity index (χ0) is 12.5. The quantitative estimate of drug-likeness (QED) is 0.823. The van der Waals surface area contributed by atoms with Gasteiger partial charge in [-0.2, -0.15) is 0 Å². The highest BCUT2D eigenvalue weighted by atomic mass is 35.5. The fraction of sp³-hybridized carbons (Fsp3) is 0.200. The molecular weight excluding hydrogens is 265 g/mol. The van der Waals surface area contributed by atoms with Gasteiger partial charge in [-0.25, -0.2) is 0 Å². The maximum atomic E-state index is 6.11. The summed E-state index contributed by atoms with van der Waals surface area (Å²) in [6.45, 7) is 1.88. The third kappa shape index (κ3) is 2.14. The van der Waals surface area contributed by atoms with Gasteiger partial charge in [0.15, 0.2) is 0 Å². The Kier molecular flexibility index (Phi) is 3.29. The number of rotatable bonds is 1. The predicted molar refractivity (Wildman–Crippen MR) is 76.5 cm³/mol. The molecule has 18 heavy (non-hydrogen) atoms. The van der Waals surface area contributed by atoms with Crippen LogP contribution in [0.15, 0.2) is 42.5 Å². The lowest BCUT2D eigenvalue weighted by Gasteiger charge is -2.27. The predicted octanol–water partition coefficient (Wildman–Crippen LogP) is 4.23. The molecule has 1 atom stereocenters. The second-order valence-corrected chi connectivity index (χ2v) is 5.37. The van der Waals surface area contributed by atoms with E-state index >= 15 is 0 Å². The van der Waals surface area contributed by atoms with Gasteiger partial charge in [-0.05, 0) is 28.8 Å². The van der Waals surface area contributed by atoms with E-state index in [-0.39, 0.29) is 0 Å². The van der Waals surface area contributed by atoms with E-state index in [1.54, 1.807) is 0 Å². The van der Waals surface area contributed by atoms with Gasteiger partial charge in [0.05, 0.1) is 10.0 Å². The van der Waals surface area contributed by atoms with Crippen LogP contribution in [0.2, 0.25) is 10.0 Å². The number of hydrogen-bond acceptors (Lipinski definition) is 1. The van der Waals surface area contributed by atoms with Crippen LogP contribution in [0.1, 0.15) is 22.6 Å². The summed E-state index contributed by atoms with van der Waals surface area (Å²) in [7, 11) is 0. The van der Waals surface area contributed by atoms with Gasteiger partial charge in [-0.3, -0.25) is 0 Å². The van der Waals surface area contributed by atoms with Crippen LogP contribution >= 0.6 is 23.2 Å². The van der Waals surface area contributed by atoms with E-state index in [0.717, 1.165) is 13.1 Å². The van der Waals surface area contributed by atoms with Crippen LogP contribution in [0, 0.1) is 0 Å². The Labute approximate surface area is 117 Å². The molecule has 0 saturated carbocycles. The van der Waals surface area contributed by atoms with Crippen LogP contribution in [-0.4, -0.2) is 6.54 Å². The van der Waals surface area contributed by atoms with Gasteiger partial charge in [0.25, 0.3) is 0 Å². The first-order chi connectivity index (χ1) is 8.75. The van der Waals surface area contributed by atoms with Gasteiger partial charge in [-0.1, -0.05) is 53.5 Å². The molecule has 2 aromatic carbocycles. The number of nitrogens with one attached hydrogen (secondary N) is 1. The average molecular weight is 278 g/mol. The molecule has 1 N–H and O–H groups in total. The van der Waals surface area contributed by atoms with Crippen molar-refractivity contribution in [3.63, 3.8) is 0 Å². The molecule has 0 aromatic heterocycles. The largest absolute Gasteiger partial charge is 0.312 e. The fourth-order valence-corrected chi connectivity index (χ4v) is 2.83. The Morgan fingerprint density at radius 1 is 1.00 bits per heavy atom. The highest BCUT2D eigenvalue weighted by molar-refractivity contribution is 6.42. The van der Waals surface area contributed by atoms with Crippen LogP contribution in [0.25, 0.3) is 0 Å². The van der Waals surface area contributed by atoms with Crippen LogP contribution < -0.4 is 5.32 Å². The van der Waals surface area contributed by atoms with Crippen molar-refractivity contribution in [1.82, 2.24) is 5.32 Å². The average Bonchev–Trinajstić information content (AvgIpc) is 2.41. The number of halogens is 2. The molecule has 92 valence electrons. The second-order valence-electron chi connectivity index (χ2n) is 4.56. The Hall–Kier alpha value is -1.02. The monoisotopic (exact) mass is 277 g/mol. The lowest BCUT2D eigenvalue weighted by atomic mass is 9.86. The molecular formula is C15H13Cl2N. The van der Waals surface area contributed by atoms with Crippen molar-refractivity contribution < 1.29 is 0 Å². The standard InChI is InChI=1S/C15H13Cl2N/c16-14-6-5-10(7-15(14)17)13-9-18-8-11-3-1-2-4-12(11)13/h1-7,13,18H,8-9H2. The molecule has 0 radical (unpaired) electrons. The summed E-state index contributed by atoms with van der Waals surface area (Å²) in [5, 5.41) is 4.68. The van der Waals surface area contributed by atoms with Crippen molar-refractivity contribution in [2.45, 2.75) is 12.5 Å². The molecule has 0 aliphatic carbocycles. The van der Waals surface area contributed by atoms with Crippen molar-refractivity contribution in [3.05, 3.63) is 69.2 Å². The highest BCUT2D eigenvalue weighted by Gasteiger charge is 2.21. The zero-order valence-electron chi connectivity index (χ0n) is 9.79. The summed E-state index contributed by atoms with van der Waals surface area (Å²) >= 11 is 12.1. The lowest BCUT2D eigenvalue weighted by Crippen LogP contribution is -2.28. The van der Waals surface area contributed by atoms with Crippen LogP contribution in [-0.2, 0) is 6.54 Å². The summed E-state index contributed by atoms with van der Waals surface area (Å²) in [5.74, 6) is 0.352. The van der Waals surface area contributed by atoms with E-state index in [4.69, 9.17) is 23.2 Å². The molecule has 0 fully saturated rings. The molecule has 0 amide bonds. The van der Waals surface area contributed by atoms with E-state index in [2.05, 4.69) is 35.6 Å². The molecule has 0 bridgehead atoms. The van der Waals surface area contributed by atoms with Gasteiger partial charge >= 0.3 is 0 Å². The lowest BCUT2D eigenvalue weighted by molar-refractivity contribution is 0.591. The normalized spacial score (nSPS) is 18.4. The SMILES string of the molecule is Clc1ccc(C2CNCc3ccccc32)cc1Cl. The molecule has 0 saturated heterocycles. The number of benzene rings is 2. The van der Waals surface area contributed by atoms with Crippen molar-refractivity contribution in [1.29, 1.82) is 0 Å². The summed E-state index contributed by atoms with van der Waals surface area (Å²) in [6.07, 6.45) is 0. The number of hydrogen-bond donors (Lipinski definition) is 1. The van der Waals surface area contributed by atoms with E-state index < -0.39 is 0 Å². The van der Waals surface area contributed by atoms with Gasteiger partial charge in [0.2, 0.25) is 0 Å². The van der Waals surface area contributed by atoms with Crippen LogP contribution in [0.4, 0.5) is 0 Å². The molecule has 1 unspecified atom stereocenters. The van der Waals surface area contributed by atoms with Crippen molar-refractivity contribution >= 4 is 23.2 Å². The third-order valence-corrected chi connectivity index (χ3v) is 4.18. The Bertz CT molecular complexity index is 580. The van der Waals surface area contributed by atoms with E-state index in [0.29, 0.717) is 16.0 Å². The molecule has 1 nitrogen and oxygen atoms in total. The zero-order valence-corrected chi connectivity index (χ0v) is 11.3. The molecule has 0 spiro atoms. The topological polar surface area (TPSA) is 12.0 Å². The summed E-state index contributed by atoms with van der Waals surface area (Å²) in [4.78, 5) is 0.